The minimum absolute atomic E-state index is 0.183. The van der Waals surface area contributed by atoms with Crippen molar-refractivity contribution in [1.29, 1.82) is 0 Å². The van der Waals surface area contributed by atoms with Gasteiger partial charge in [-0.25, -0.2) is 0 Å². The summed E-state index contributed by atoms with van der Waals surface area (Å²) in [5, 5.41) is 9.41. The summed E-state index contributed by atoms with van der Waals surface area (Å²) in [6.07, 6.45) is 5.30. The molecule has 2 atom stereocenters. The molecule has 110 valence electrons. The van der Waals surface area contributed by atoms with Crippen molar-refractivity contribution in [2.24, 2.45) is 0 Å². The maximum absolute atomic E-state index is 9.41. The summed E-state index contributed by atoms with van der Waals surface area (Å²) in [6, 6.07) is 8.13. The predicted molar refractivity (Wildman–Crippen MR) is 79.9 cm³/mol. The molecule has 4 nitrogen and oxygen atoms in total. The molecule has 2 rings (SSSR count). The molecular weight excluding hydrogens is 254 g/mol. The SMILES string of the molecule is COc1ccccc1/C=C/CN1C[C@H](OC)C[C@H]1CO. The first-order valence-electron chi connectivity index (χ1n) is 6.95. The van der Waals surface area contributed by atoms with Gasteiger partial charge in [0, 0.05) is 31.8 Å². The zero-order valence-electron chi connectivity index (χ0n) is 12.2. The third-order valence-electron chi connectivity index (χ3n) is 3.81. The van der Waals surface area contributed by atoms with Gasteiger partial charge in [-0.05, 0) is 12.5 Å². The van der Waals surface area contributed by atoms with Gasteiger partial charge in [0.15, 0.2) is 0 Å². The summed E-state index contributed by atoms with van der Waals surface area (Å²) in [6.45, 7) is 1.86. The molecule has 0 aromatic heterocycles. The van der Waals surface area contributed by atoms with Crippen molar-refractivity contribution in [1.82, 2.24) is 4.90 Å². The molecule has 1 saturated heterocycles. The molecule has 0 bridgehead atoms. The Labute approximate surface area is 120 Å². The molecule has 0 radical (unpaired) electrons. The van der Waals surface area contributed by atoms with Gasteiger partial charge in [0.1, 0.15) is 5.75 Å². The van der Waals surface area contributed by atoms with E-state index in [-0.39, 0.29) is 18.8 Å². The summed E-state index contributed by atoms with van der Waals surface area (Å²) in [5.74, 6) is 0.874. The van der Waals surface area contributed by atoms with Crippen molar-refractivity contribution in [2.45, 2.75) is 18.6 Å². The number of likely N-dealkylation sites (tertiary alicyclic amines) is 1. The van der Waals surface area contributed by atoms with Crippen LogP contribution in [0.2, 0.25) is 0 Å². The lowest BCUT2D eigenvalue weighted by Gasteiger charge is -2.20. The molecule has 1 aromatic rings. The Kier molecular flexibility index (Phi) is 5.59. The number of ether oxygens (including phenoxy) is 2. The van der Waals surface area contributed by atoms with Crippen LogP contribution in [-0.2, 0) is 4.74 Å². The Balaban J connectivity index is 1.95. The number of aliphatic hydroxyl groups is 1. The summed E-state index contributed by atoms with van der Waals surface area (Å²) in [5.41, 5.74) is 1.07. The fourth-order valence-electron chi connectivity index (χ4n) is 2.64. The van der Waals surface area contributed by atoms with Gasteiger partial charge >= 0.3 is 0 Å². The molecule has 0 unspecified atom stereocenters. The fraction of sp³-hybridized carbons (Fsp3) is 0.500. The van der Waals surface area contributed by atoms with Gasteiger partial charge < -0.3 is 14.6 Å². The molecule has 1 aliphatic rings. The van der Waals surface area contributed by atoms with Gasteiger partial charge in [-0.3, -0.25) is 4.90 Å². The monoisotopic (exact) mass is 277 g/mol. The highest BCUT2D eigenvalue weighted by Gasteiger charge is 2.30. The van der Waals surface area contributed by atoms with Gasteiger partial charge in [0.2, 0.25) is 0 Å². The van der Waals surface area contributed by atoms with Gasteiger partial charge in [-0.1, -0.05) is 30.4 Å². The van der Waals surface area contributed by atoms with Gasteiger partial charge in [0.25, 0.3) is 0 Å². The van der Waals surface area contributed by atoms with E-state index in [0.29, 0.717) is 0 Å². The van der Waals surface area contributed by atoms with E-state index >= 15 is 0 Å². The number of hydrogen-bond donors (Lipinski definition) is 1. The molecule has 4 heteroatoms. The highest BCUT2D eigenvalue weighted by molar-refractivity contribution is 5.57. The number of rotatable bonds is 6. The standard InChI is InChI=1S/C16H23NO3/c1-19-15-10-14(12-18)17(11-15)9-5-7-13-6-3-4-8-16(13)20-2/h3-8,14-15,18H,9-12H2,1-2H3/b7-5+/t14-,15+/m0/s1. The summed E-state index contributed by atoms with van der Waals surface area (Å²) >= 11 is 0. The normalized spacial score (nSPS) is 23.6. The minimum Gasteiger partial charge on any atom is -0.496 e. The molecule has 1 aliphatic heterocycles. The lowest BCUT2D eigenvalue weighted by Crippen LogP contribution is -2.32. The van der Waals surface area contributed by atoms with Crippen LogP contribution in [0.25, 0.3) is 6.08 Å². The summed E-state index contributed by atoms with van der Waals surface area (Å²) in [4.78, 5) is 2.25. The Bertz CT molecular complexity index is 447. The van der Waals surface area contributed by atoms with Crippen molar-refractivity contribution in [3.05, 3.63) is 35.9 Å². The van der Waals surface area contributed by atoms with Crippen LogP contribution >= 0.6 is 0 Å². The van der Waals surface area contributed by atoms with Gasteiger partial charge in [0.05, 0.1) is 19.8 Å². The number of para-hydroxylation sites is 1. The third kappa shape index (κ3) is 3.60. The van der Waals surface area contributed by atoms with E-state index in [1.165, 1.54) is 0 Å². The Morgan fingerprint density at radius 2 is 2.15 bits per heavy atom. The van der Waals surface area contributed by atoms with E-state index in [0.717, 1.165) is 30.8 Å². The molecular formula is C16H23NO3. The maximum Gasteiger partial charge on any atom is 0.126 e. The molecule has 1 aromatic carbocycles. The summed E-state index contributed by atoms with van der Waals surface area (Å²) < 4.78 is 10.7. The molecule has 0 amide bonds. The molecule has 1 fully saturated rings. The van der Waals surface area contributed by atoms with Crippen LogP contribution in [0.15, 0.2) is 30.3 Å². The molecule has 1 N–H and O–H groups in total. The van der Waals surface area contributed by atoms with Crippen LogP contribution in [-0.4, -0.2) is 56.1 Å². The number of nitrogens with zero attached hydrogens (tertiary/aromatic N) is 1. The first kappa shape index (κ1) is 15.0. The van der Waals surface area contributed by atoms with Crippen molar-refractivity contribution in [3.63, 3.8) is 0 Å². The van der Waals surface area contributed by atoms with E-state index in [1.54, 1.807) is 14.2 Å². The average Bonchev–Trinajstić information content (AvgIpc) is 2.90. The van der Waals surface area contributed by atoms with Crippen LogP contribution in [0.4, 0.5) is 0 Å². The number of aliphatic hydroxyl groups excluding tert-OH is 1. The Morgan fingerprint density at radius 3 is 2.85 bits per heavy atom. The second kappa shape index (κ2) is 7.43. The Hall–Kier alpha value is -1.36. The van der Waals surface area contributed by atoms with Crippen molar-refractivity contribution in [2.75, 3.05) is 33.9 Å². The average molecular weight is 277 g/mol. The van der Waals surface area contributed by atoms with Crippen LogP contribution in [0.1, 0.15) is 12.0 Å². The number of methoxy groups -OCH3 is 2. The zero-order valence-corrected chi connectivity index (χ0v) is 12.2. The van der Waals surface area contributed by atoms with Crippen LogP contribution < -0.4 is 4.74 Å². The predicted octanol–water partition coefficient (Wildman–Crippen LogP) is 1.79. The smallest absolute Gasteiger partial charge is 0.126 e. The molecule has 0 saturated carbocycles. The van der Waals surface area contributed by atoms with E-state index in [9.17, 15) is 5.11 Å². The zero-order chi connectivity index (χ0) is 14.4. The van der Waals surface area contributed by atoms with E-state index in [4.69, 9.17) is 9.47 Å². The van der Waals surface area contributed by atoms with Crippen LogP contribution in [0.5, 0.6) is 5.75 Å². The second-order valence-electron chi connectivity index (χ2n) is 5.03. The van der Waals surface area contributed by atoms with E-state index in [2.05, 4.69) is 17.1 Å². The lowest BCUT2D eigenvalue weighted by molar-refractivity contribution is 0.109. The first-order chi connectivity index (χ1) is 9.78. The third-order valence-corrected chi connectivity index (χ3v) is 3.81. The van der Waals surface area contributed by atoms with Crippen molar-refractivity contribution in [3.8, 4) is 5.75 Å². The van der Waals surface area contributed by atoms with Crippen LogP contribution in [0, 0.1) is 0 Å². The lowest BCUT2D eigenvalue weighted by atomic mass is 10.2. The molecule has 0 spiro atoms. The maximum atomic E-state index is 9.41. The molecule has 20 heavy (non-hydrogen) atoms. The summed E-state index contributed by atoms with van der Waals surface area (Å²) in [7, 11) is 3.41. The topological polar surface area (TPSA) is 41.9 Å². The minimum atomic E-state index is 0.183. The largest absolute Gasteiger partial charge is 0.496 e. The second-order valence-corrected chi connectivity index (χ2v) is 5.03. The van der Waals surface area contributed by atoms with Gasteiger partial charge in [-0.15, -0.1) is 0 Å². The van der Waals surface area contributed by atoms with Gasteiger partial charge in [-0.2, -0.15) is 0 Å². The number of hydrogen-bond acceptors (Lipinski definition) is 4. The molecule has 0 aliphatic carbocycles. The van der Waals surface area contributed by atoms with Crippen molar-refractivity contribution >= 4 is 6.08 Å². The highest BCUT2D eigenvalue weighted by Crippen LogP contribution is 2.21. The Morgan fingerprint density at radius 1 is 1.35 bits per heavy atom. The highest BCUT2D eigenvalue weighted by atomic mass is 16.5. The van der Waals surface area contributed by atoms with Crippen molar-refractivity contribution < 1.29 is 14.6 Å². The number of benzene rings is 1. The first-order valence-corrected chi connectivity index (χ1v) is 6.95. The fourth-order valence-corrected chi connectivity index (χ4v) is 2.64. The van der Waals surface area contributed by atoms with Crippen LogP contribution in [0.3, 0.4) is 0 Å². The molecule has 1 heterocycles. The van der Waals surface area contributed by atoms with E-state index in [1.807, 2.05) is 24.3 Å². The van der Waals surface area contributed by atoms with E-state index < -0.39 is 0 Å². The quantitative estimate of drug-likeness (QED) is 0.861.